The molecule has 14 heteroatoms. The normalized spacial score (nSPS) is 11.8. The van der Waals surface area contributed by atoms with Crippen molar-refractivity contribution in [1.82, 2.24) is 29.9 Å². The maximum absolute atomic E-state index is 15.5. The fourth-order valence-electron chi connectivity index (χ4n) is 4.27. The van der Waals surface area contributed by atoms with Gasteiger partial charge in [-0.25, -0.2) is 14.2 Å². The van der Waals surface area contributed by atoms with Crippen molar-refractivity contribution in [3.8, 4) is 28.7 Å². The predicted octanol–water partition coefficient (Wildman–Crippen LogP) is 3.75. The molecule has 0 radical (unpaired) electrons. The number of nitrogens with zero attached hydrogens (tertiary/aromatic N) is 6. The number of H-pyrrole nitrogens is 1. The van der Waals surface area contributed by atoms with Crippen LogP contribution in [0.4, 0.5) is 10.1 Å². The summed E-state index contributed by atoms with van der Waals surface area (Å²) in [5.74, 6) is -0.364. The van der Waals surface area contributed by atoms with E-state index >= 15 is 4.39 Å². The molecule has 1 atom stereocenters. The first-order chi connectivity index (χ1) is 19.3. The average molecular weight is 548 g/mol. The minimum absolute atomic E-state index is 0.0638. The molecule has 13 nitrogen and oxygen atoms in total. The average Bonchev–Trinajstić information content (AvgIpc) is 3.57. The molecule has 3 heterocycles. The molecule has 0 aliphatic carbocycles. The number of hydrogen-bond acceptors (Lipinski definition) is 10. The lowest BCUT2D eigenvalue weighted by Crippen LogP contribution is -2.18. The molecule has 3 aromatic heterocycles. The van der Waals surface area contributed by atoms with E-state index in [0.717, 1.165) is 15.8 Å². The van der Waals surface area contributed by atoms with E-state index in [2.05, 4.69) is 25.2 Å². The summed E-state index contributed by atoms with van der Waals surface area (Å²) in [4.78, 5) is 34.6. The number of ether oxygens (including phenoxy) is 2. The second-order valence-electron chi connectivity index (χ2n) is 8.65. The SMILES string of the molecule is COc1cc(F)c(C(Cc2ccc(-c3noc(C)n3)cc2)c2nn(-c3ncccc3[N+](=O)[O-])c(=O)[nH]2)cc1OC. The van der Waals surface area contributed by atoms with E-state index in [1.165, 1.54) is 44.7 Å². The molecule has 0 aliphatic heterocycles. The smallest absolute Gasteiger partial charge is 0.349 e. The van der Waals surface area contributed by atoms with Crippen LogP contribution >= 0.6 is 0 Å². The highest BCUT2D eigenvalue weighted by atomic mass is 19.1. The van der Waals surface area contributed by atoms with Crippen molar-refractivity contribution in [3.05, 3.63) is 104 Å². The molecule has 0 spiro atoms. The van der Waals surface area contributed by atoms with Gasteiger partial charge in [0.25, 0.3) is 0 Å². The Morgan fingerprint density at radius 2 is 1.88 bits per heavy atom. The summed E-state index contributed by atoms with van der Waals surface area (Å²) >= 11 is 0. The van der Waals surface area contributed by atoms with E-state index in [1.54, 1.807) is 19.1 Å². The van der Waals surface area contributed by atoms with Crippen LogP contribution in [0.1, 0.15) is 28.8 Å². The first-order valence-corrected chi connectivity index (χ1v) is 11.9. The Bertz CT molecular complexity index is 1750. The van der Waals surface area contributed by atoms with Gasteiger partial charge in [-0.2, -0.15) is 9.67 Å². The second kappa shape index (κ2) is 10.8. The highest BCUT2D eigenvalue weighted by Crippen LogP contribution is 2.36. The van der Waals surface area contributed by atoms with Gasteiger partial charge >= 0.3 is 11.4 Å². The molecule has 0 saturated heterocycles. The molecule has 1 N–H and O–H groups in total. The summed E-state index contributed by atoms with van der Waals surface area (Å²) < 4.78 is 31.9. The summed E-state index contributed by atoms with van der Waals surface area (Å²) in [6, 6.07) is 12.4. The van der Waals surface area contributed by atoms with Gasteiger partial charge in [-0.1, -0.05) is 29.4 Å². The zero-order valence-corrected chi connectivity index (χ0v) is 21.5. The molecule has 5 rings (SSSR count). The molecule has 0 aliphatic rings. The number of benzene rings is 2. The molecule has 0 amide bonds. The molecular formula is C26H22FN7O6. The fraction of sp³-hybridized carbons (Fsp3) is 0.192. The fourth-order valence-corrected chi connectivity index (χ4v) is 4.27. The van der Waals surface area contributed by atoms with Crippen LogP contribution in [0, 0.1) is 22.9 Å². The minimum atomic E-state index is -0.838. The molecular weight excluding hydrogens is 525 g/mol. The summed E-state index contributed by atoms with van der Waals surface area (Å²) in [7, 11) is 2.81. The number of nitro groups is 1. The van der Waals surface area contributed by atoms with Crippen molar-refractivity contribution in [2.24, 2.45) is 0 Å². The summed E-state index contributed by atoms with van der Waals surface area (Å²) in [5, 5.41) is 19.8. The highest BCUT2D eigenvalue weighted by Gasteiger charge is 2.27. The van der Waals surface area contributed by atoms with E-state index in [4.69, 9.17) is 14.0 Å². The van der Waals surface area contributed by atoms with Gasteiger partial charge in [-0.05, 0) is 24.1 Å². The number of methoxy groups -OCH3 is 2. The van der Waals surface area contributed by atoms with Crippen molar-refractivity contribution >= 4 is 5.69 Å². The third kappa shape index (κ3) is 5.01. The van der Waals surface area contributed by atoms with Crippen molar-refractivity contribution in [3.63, 3.8) is 0 Å². The van der Waals surface area contributed by atoms with Crippen LogP contribution in [0.3, 0.4) is 0 Å². The standard InChI is InChI=1S/C26H22FN7O6/c1-14-29-23(32-40-14)16-8-6-15(7-9-16)11-18(17-12-21(38-2)22(39-3)13-19(17)27)24-30-26(35)33(31-24)25-20(34(36)37)5-4-10-28-25/h4-10,12-13,18H,11H2,1-3H3,(H,30,31,35). The predicted molar refractivity (Wildman–Crippen MR) is 138 cm³/mol. The number of rotatable bonds is 9. The van der Waals surface area contributed by atoms with Gasteiger partial charge in [0.15, 0.2) is 11.5 Å². The van der Waals surface area contributed by atoms with Gasteiger partial charge in [-0.15, -0.1) is 5.10 Å². The monoisotopic (exact) mass is 547 g/mol. The molecule has 0 bridgehead atoms. The maximum atomic E-state index is 15.5. The maximum Gasteiger partial charge on any atom is 0.349 e. The van der Waals surface area contributed by atoms with Crippen molar-refractivity contribution in [1.29, 1.82) is 0 Å². The van der Waals surface area contributed by atoms with Gasteiger partial charge < -0.3 is 14.0 Å². The van der Waals surface area contributed by atoms with Gasteiger partial charge in [0.1, 0.15) is 11.6 Å². The Hall–Kier alpha value is -5.40. The minimum Gasteiger partial charge on any atom is -0.493 e. The number of aryl methyl sites for hydroxylation is 1. The molecule has 0 saturated carbocycles. The largest absolute Gasteiger partial charge is 0.493 e. The van der Waals surface area contributed by atoms with Crippen molar-refractivity contribution in [2.45, 2.75) is 19.3 Å². The van der Waals surface area contributed by atoms with Crippen molar-refractivity contribution in [2.75, 3.05) is 14.2 Å². The third-order valence-corrected chi connectivity index (χ3v) is 6.19. The number of nitrogens with one attached hydrogen (secondary N) is 1. The topological polar surface area (TPSA) is 164 Å². The van der Waals surface area contributed by atoms with E-state index in [0.29, 0.717) is 11.7 Å². The van der Waals surface area contributed by atoms with Crippen LogP contribution in [0.25, 0.3) is 17.2 Å². The molecule has 5 aromatic rings. The van der Waals surface area contributed by atoms with Crippen LogP contribution in [-0.4, -0.2) is 49.0 Å². The van der Waals surface area contributed by atoms with Gasteiger partial charge in [0, 0.05) is 36.4 Å². The Morgan fingerprint density at radius 3 is 2.52 bits per heavy atom. The summed E-state index contributed by atoms with van der Waals surface area (Å²) in [6.07, 6.45) is 1.50. The Balaban J connectivity index is 1.60. The Labute approximate surface area is 225 Å². The first kappa shape index (κ1) is 26.2. The zero-order valence-electron chi connectivity index (χ0n) is 21.5. The van der Waals surface area contributed by atoms with Crippen LogP contribution in [-0.2, 0) is 6.42 Å². The van der Waals surface area contributed by atoms with Crippen LogP contribution in [0.2, 0.25) is 0 Å². The highest BCUT2D eigenvalue weighted by molar-refractivity contribution is 5.55. The van der Waals surface area contributed by atoms with Crippen LogP contribution in [0.5, 0.6) is 11.5 Å². The van der Waals surface area contributed by atoms with Crippen molar-refractivity contribution < 1.29 is 23.3 Å². The second-order valence-corrected chi connectivity index (χ2v) is 8.65. The number of aromatic amines is 1. The lowest BCUT2D eigenvalue weighted by molar-refractivity contribution is -0.385. The molecule has 2 aromatic carbocycles. The number of pyridine rings is 1. The van der Waals surface area contributed by atoms with Gasteiger partial charge in [-0.3, -0.25) is 15.1 Å². The Morgan fingerprint density at radius 1 is 1.15 bits per heavy atom. The first-order valence-electron chi connectivity index (χ1n) is 11.9. The molecule has 1 unspecified atom stereocenters. The van der Waals surface area contributed by atoms with Gasteiger partial charge in [0.2, 0.25) is 17.5 Å². The quantitative estimate of drug-likeness (QED) is 0.212. The lowest BCUT2D eigenvalue weighted by Gasteiger charge is -2.18. The number of aromatic nitrogens is 6. The zero-order chi connectivity index (χ0) is 28.4. The van der Waals surface area contributed by atoms with E-state index < -0.39 is 28.0 Å². The van der Waals surface area contributed by atoms with E-state index in [-0.39, 0.29) is 35.1 Å². The van der Waals surface area contributed by atoms with Gasteiger partial charge in [0.05, 0.1) is 25.1 Å². The number of hydrogen-bond donors (Lipinski definition) is 1. The molecule has 40 heavy (non-hydrogen) atoms. The van der Waals surface area contributed by atoms with Crippen LogP contribution in [0.15, 0.2) is 64.0 Å². The summed E-state index contributed by atoms with van der Waals surface area (Å²) in [6.45, 7) is 1.69. The number of halogens is 1. The van der Waals surface area contributed by atoms with E-state index in [9.17, 15) is 14.9 Å². The Kier molecular flexibility index (Phi) is 7.05. The third-order valence-electron chi connectivity index (χ3n) is 6.19. The summed E-state index contributed by atoms with van der Waals surface area (Å²) in [5.41, 5.74) is 0.457. The molecule has 204 valence electrons. The lowest BCUT2D eigenvalue weighted by atomic mass is 9.90. The van der Waals surface area contributed by atoms with Crippen LogP contribution < -0.4 is 15.2 Å². The molecule has 0 fully saturated rings. The van der Waals surface area contributed by atoms with E-state index in [1.807, 2.05) is 12.1 Å².